The third kappa shape index (κ3) is 2.73. The zero-order chi connectivity index (χ0) is 14.8. The molecule has 1 fully saturated rings. The summed E-state index contributed by atoms with van der Waals surface area (Å²) < 4.78 is 26.9. The predicted molar refractivity (Wildman–Crippen MR) is 76.6 cm³/mol. The summed E-state index contributed by atoms with van der Waals surface area (Å²) in [6, 6.07) is 3.66. The van der Waals surface area contributed by atoms with E-state index in [1.807, 2.05) is 5.38 Å². The first kappa shape index (κ1) is 13.9. The number of hydrogen-bond donors (Lipinski definition) is 0. The molecule has 1 saturated heterocycles. The molecule has 0 saturated carbocycles. The van der Waals surface area contributed by atoms with E-state index in [9.17, 15) is 13.6 Å². The smallest absolute Gasteiger partial charge is 0.257 e. The van der Waals surface area contributed by atoms with Crippen molar-refractivity contribution in [2.45, 2.75) is 0 Å². The zero-order valence-electron chi connectivity index (χ0n) is 11.1. The Hall–Kier alpha value is -2.02. The third-order valence-corrected chi connectivity index (χ3v) is 4.27. The van der Waals surface area contributed by atoms with Gasteiger partial charge in [-0.1, -0.05) is 6.07 Å². The normalized spacial score (nSPS) is 15.3. The lowest BCUT2D eigenvalue weighted by molar-refractivity contribution is 0.0741. The number of rotatable bonds is 2. The summed E-state index contributed by atoms with van der Waals surface area (Å²) in [5.74, 6) is -2.54. The van der Waals surface area contributed by atoms with Gasteiger partial charge in [-0.2, -0.15) is 0 Å². The molecule has 0 atom stereocenters. The topological polar surface area (TPSA) is 36.4 Å². The fourth-order valence-corrected chi connectivity index (χ4v) is 3.01. The highest BCUT2D eigenvalue weighted by atomic mass is 32.1. The second kappa shape index (κ2) is 5.77. The molecule has 0 N–H and O–H groups in total. The highest BCUT2D eigenvalue weighted by Crippen LogP contribution is 2.20. The summed E-state index contributed by atoms with van der Waals surface area (Å²) in [6.45, 7) is 2.20. The first-order chi connectivity index (χ1) is 10.2. The maximum Gasteiger partial charge on any atom is 0.257 e. The minimum atomic E-state index is -1.08. The van der Waals surface area contributed by atoms with Gasteiger partial charge < -0.3 is 9.80 Å². The minimum absolute atomic E-state index is 0.210. The van der Waals surface area contributed by atoms with Crippen molar-refractivity contribution in [2.24, 2.45) is 0 Å². The van der Waals surface area contributed by atoms with E-state index >= 15 is 0 Å². The van der Waals surface area contributed by atoms with Crippen LogP contribution in [-0.4, -0.2) is 42.0 Å². The third-order valence-electron chi connectivity index (χ3n) is 3.44. The Balaban J connectivity index is 1.69. The van der Waals surface area contributed by atoms with E-state index < -0.39 is 17.5 Å². The number of carbonyl (C=O) groups is 1. The van der Waals surface area contributed by atoms with E-state index in [0.29, 0.717) is 26.2 Å². The van der Waals surface area contributed by atoms with Crippen LogP contribution in [0.3, 0.4) is 0 Å². The largest absolute Gasteiger partial charge is 0.345 e. The van der Waals surface area contributed by atoms with E-state index in [2.05, 4.69) is 9.88 Å². The van der Waals surface area contributed by atoms with Crippen LogP contribution < -0.4 is 4.90 Å². The van der Waals surface area contributed by atoms with Crippen LogP contribution in [-0.2, 0) is 0 Å². The molecule has 0 bridgehead atoms. The molecule has 2 aromatic rings. The monoisotopic (exact) mass is 309 g/mol. The molecular weight excluding hydrogens is 296 g/mol. The average molecular weight is 309 g/mol. The van der Waals surface area contributed by atoms with Crippen LogP contribution >= 0.6 is 11.3 Å². The maximum absolute atomic E-state index is 13.7. The standard InChI is InChI=1S/C14H13F2N3OS/c15-11-3-1-2-10(12(11)16)13(20)18-5-7-19(8-6-18)14-17-4-9-21-14/h1-4,9H,5-8H2. The van der Waals surface area contributed by atoms with Gasteiger partial charge in [0, 0.05) is 37.8 Å². The maximum atomic E-state index is 13.7. The van der Waals surface area contributed by atoms with Gasteiger partial charge in [0.05, 0.1) is 5.56 Å². The second-order valence-corrected chi connectivity index (χ2v) is 5.57. The van der Waals surface area contributed by atoms with Crippen LogP contribution in [0, 0.1) is 11.6 Å². The first-order valence-corrected chi connectivity index (χ1v) is 7.42. The van der Waals surface area contributed by atoms with Crippen molar-refractivity contribution in [3.63, 3.8) is 0 Å². The highest BCUT2D eigenvalue weighted by Gasteiger charge is 2.25. The second-order valence-electron chi connectivity index (χ2n) is 4.70. The number of aromatic nitrogens is 1. The molecule has 1 amide bonds. The first-order valence-electron chi connectivity index (χ1n) is 6.54. The van der Waals surface area contributed by atoms with E-state index in [4.69, 9.17) is 0 Å². The highest BCUT2D eigenvalue weighted by molar-refractivity contribution is 7.13. The van der Waals surface area contributed by atoms with Gasteiger partial charge >= 0.3 is 0 Å². The van der Waals surface area contributed by atoms with Crippen molar-refractivity contribution in [2.75, 3.05) is 31.1 Å². The van der Waals surface area contributed by atoms with Crippen LogP contribution in [0.4, 0.5) is 13.9 Å². The van der Waals surface area contributed by atoms with Crippen molar-refractivity contribution in [3.8, 4) is 0 Å². The summed E-state index contributed by atoms with van der Waals surface area (Å²) in [5.41, 5.74) is -0.210. The lowest BCUT2D eigenvalue weighted by Crippen LogP contribution is -2.49. The average Bonchev–Trinajstić information content (AvgIpc) is 3.04. The van der Waals surface area contributed by atoms with Crippen LogP contribution in [0.5, 0.6) is 0 Å². The summed E-state index contributed by atoms with van der Waals surface area (Å²) in [4.78, 5) is 20.1. The van der Waals surface area contributed by atoms with Crippen LogP contribution in [0.2, 0.25) is 0 Å². The molecule has 1 aromatic heterocycles. The number of anilines is 1. The van der Waals surface area contributed by atoms with E-state index in [0.717, 1.165) is 11.2 Å². The van der Waals surface area contributed by atoms with Crippen molar-refractivity contribution >= 4 is 22.4 Å². The van der Waals surface area contributed by atoms with Crippen molar-refractivity contribution in [3.05, 3.63) is 47.0 Å². The number of piperazine rings is 1. The Kier molecular flexibility index (Phi) is 3.83. The number of amides is 1. The number of benzene rings is 1. The molecule has 110 valence electrons. The fraction of sp³-hybridized carbons (Fsp3) is 0.286. The summed E-state index contributed by atoms with van der Waals surface area (Å²) in [5, 5.41) is 2.81. The van der Waals surface area contributed by atoms with Crippen molar-refractivity contribution in [1.82, 2.24) is 9.88 Å². The Bertz CT molecular complexity index is 640. The van der Waals surface area contributed by atoms with Gasteiger partial charge in [0.1, 0.15) is 0 Å². The number of thiazole rings is 1. The van der Waals surface area contributed by atoms with Crippen LogP contribution in [0.1, 0.15) is 10.4 Å². The van der Waals surface area contributed by atoms with Gasteiger partial charge in [-0.25, -0.2) is 13.8 Å². The molecule has 1 aliphatic rings. The summed E-state index contributed by atoms with van der Waals surface area (Å²) >= 11 is 1.54. The summed E-state index contributed by atoms with van der Waals surface area (Å²) in [7, 11) is 0. The molecule has 7 heteroatoms. The molecule has 0 radical (unpaired) electrons. The van der Waals surface area contributed by atoms with Gasteiger partial charge in [-0.3, -0.25) is 4.79 Å². The SMILES string of the molecule is O=C(c1cccc(F)c1F)N1CCN(c2nccs2)CC1. The Morgan fingerprint density at radius 1 is 1.19 bits per heavy atom. The molecule has 0 unspecified atom stereocenters. The number of hydrogen-bond acceptors (Lipinski definition) is 4. The van der Waals surface area contributed by atoms with Gasteiger partial charge in [-0.05, 0) is 12.1 Å². The van der Waals surface area contributed by atoms with Gasteiger partial charge in [0.15, 0.2) is 16.8 Å². The zero-order valence-corrected chi connectivity index (χ0v) is 11.9. The molecule has 1 aromatic carbocycles. The predicted octanol–water partition coefficient (Wildman–Crippen LogP) is 2.38. The number of halogens is 2. The van der Waals surface area contributed by atoms with Gasteiger partial charge in [-0.15, -0.1) is 11.3 Å². The van der Waals surface area contributed by atoms with E-state index in [-0.39, 0.29) is 5.56 Å². The molecular formula is C14H13F2N3OS. The Labute approximate surface area is 124 Å². The van der Waals surface area contributed by atoms with Crippen molar-refractivity contribution < 1.29 is 13.6 Å². The number of nitrogens with zero attached hydrogens (tertiary/aromatic N) is 3. The Morgan fingerprint density at radius 2 is 1.95 bits per heavy atom. The fourth-order valence-electron chi connectivity index (χ4n) is 2.31. The minimum Gasteiger partial charge on any atom is -0.345 e. The van der Waals surface area contributed by atoms with Crippen LogP contribution in [0.25, 0.3) is 0 Å². The molecule has 0 aliphatic carbocycles. The lowest BCUT2D eigenvalue weighted by Gasteiger charge is -2.34. The lowest BCUT2D eigenvalue weighted by atomic mass is 10.1. The molecule has 21 heavy (non-hydrogen) atoms. The van der Waals surface area contributed by atoms with E-state index in [1.54, 1.807) is 22.4 Å². The molecule has 1 aliphatic heterocycles. The molecule has 3 rings (SSSR count). The molecule has 2 heterocycles. The van der Waals surface area contributed by atoms with Gasteiger partial charge in [0.25, 0.3) is 5.91 Å². The van der Waals surface area contributed by atoms with Crippen molar-refractivity contribution in [1.29, 1.82) is 0 Å². The quantitative estimate of drug-likeness (QED) is 0.854. The van der Waals surface area contributed by atoms with Gasteiger partial charge in [0.2, 0.25) is 0 Å². The Morgan fingerprint density at radius 3 is 2.62 bits per heavy atom. The molecule has 4 nitrogen and oxygen atoms in total. The number of carbonyl (C=O) groups excluding carboxylic acids is 1. The molecule has 0 spiro atoms. The van der Waals surface area contributed by atoms with Crippen LogP contribution in [0.15, 0.2) is 29.8 Å². The summed E-state index contributed by atoms with van der Waals surface area (Å²) in [6.07, 6.45) is 1.74. The van der Waals surface area contributed by atoms with E-state index in [1.165, 1.54) is 12.1 Å².